The predicted octanol–water partition coefficient (Wildman–Crippen LogP) is 1.33. The van der Waals surface area contributed by atoms with E-state index in [2.05, 4.69) is 25.1 Å². The molecule has 2 aliphatic rings. The van der Waals surface area contributed by atoms with Gasteiger partial charge in [-0.05, 0) is 23.4 Å². The van der Waals surface area contributed by atoms with Crippen LogP contribution in [0.15, 0.2) is 48.9 Å². The van der Waals surface area contributed by atoms with E-state index in [0.717, 1.165) is 11.0 Å². The number of fused-ring (bicyclic) bond motifs is 1. The summed E-state index contributed by atoms with van der Waals surface area (Å²) in [6.45, 7) is 0.350. The fourth-order valence-corrected chi connectivity index (χ4v) is 3.01. The van der Waals surface area contributed by atoms with Gasteiger partial charge in [0.2, 0.25) is 10.0 Å². The lowest BCUT2D eigenvalue weighted by molar-refractivity contribution is 0.595. The van der Waals surface area contributed by atoms with Crippen LogP contribution >= 0.6 is 0 Å². The summed E-state index contributed by atoms with van der Waals surface area (Å²) in [6.07, 6.45) is 6.04. The first-order valence-electron chi connectivity index (χ1n) is 7.85. The van der Waals surface area contributed by atoms with Gasteiger partial charge >= 0.3 is 0 Å². The van der Waals surface area contributed by atoms with Crippen LogP contribution in [0.1, 0.15) is 5.69 Å². The SMILES string of the molecule is CS(=O)(=O)Nn1cc(Cn2ccc3nc(-c4ccccc4F)nc-3c2)nn1. The molecule has 2 aliphatic heterocycles. The van der Waals surface area contributed by atoms with Gasteiger partial charge in [-0.15, -0.1) is 5.10 Å². The van der Waals surface area contributed by atoms with Gasteiger partial charge in [-0.2, -0.15) is 4.79 Å². The summed E-state index contributed by atoms with van der Waals surface area (Å²) in [5.41, 5.74) is 2.14. The summed E-state index contributed by atoms with van der Waals surface area (Å²) in [4.78, 5) is 12.0. The number of hydrogen-bond donors (Lipinski definition) is 1. The molecule has 1 aromatic carbocycles. The zero-order valence-corrected chi connectivity index (χ0v) is 14.9. The second-order valence-electron chi connectivity index (χ2n) is 5.93. The average molecular weight is 387 g/mol. The van der Waals surface area contributed by atoms with Crippen LogP contribution in [-0.4, -0.2) is 44.3 Å². The zero-order valence-electron chi connectivity index (χ0n) is 14.1. The summed E-state index contributed by atoms with van der Waals surface area (Å²) >= 11 is 0. The molecule has 0 saturated carbocycles. The summed E-state index contributed by atoms with van der Waals surface area (Å²) in [7, 11) is -3.44. The molecule has 11 heteroatoms. The molecule has 2 aromatic rings. The van der Waals surface area contributed by atoms with Gasteiger partial charge in [-0.1, -0.05) is 12.1 Å². The molecule has 4 rings (SSSR count). The highest BCUT2D eigenvalue weighted by Gasteiger charge is 2.15. The molecule has 0 spiro atoms. The van der Waals surface area contributed by atoms with Crippen LogP contribution < -0.4 is 4.83 Å². The number of pyridine rings is 1. The maximum atomic E-state index is 13.9. The van der Waals surface area contributed by atoms with Gasteiger partial charge in [-0.25, -0.2) is 27.6 Å². The molecular weight excluding hydrogens is 373 g/mol. The Morgan fingerprint density at radius 1 is 1.11 bits per heavy atom. The number of sulfonamides is 1. The monoisotopic (exact) mass is 387 g/mol. The molecule has 0 aliphatic carbocycles. The molecule has 0 saturated heterocycles. The number of nitrogens with zero attached hydrogens (tertiary/aromatic N) is 6. The van der Waals surface area contributed by atoms with E-state index in [1.54, 1.807) is 41.2 Å². The van der Waals surface area contributed by atoms with E-state index in [1.165, 1.54) is 12.3 Å². The fraction of sp³-hybridized carbons (Fsp3) is 0.125. The Labute approximate surface area is 153 Å². The molecule has 27 heavy (non-hydrogen) atoms. The van der Waals surface area contributed by atoms with Crippen molar-refractivity contribution in [1.29, 1.82) is 0 Å². The summed E-state index contributed by atoms with van der Waals surface area (Å²) in [5.74, 6) is -0.0557. The molecule has 1 aromatic heterocycles. The van der Waals surface area contributed by atoms with Gasteiger partial charge in [0.25, 0.3) is 0 Å². The van der Waals surface area contributed by atoms with Gasteiger partial charge < -0.3 is 4.57 Å². The number of hydrogen-bond acceptors (Lipinski definition) is 6. The first kappa shape index (κ1) is 17.1. The van der Waals surface area contributed by atoms with Crippen molar-refractivity contribution >= 4 is 10.0 Å². The zero-order chi connectivity index (χ0) is 19.0. The van der Waals surface area contributed by atoms with E-state index < -0.39 is 10.0 Å². The Kier molecular flexibility index (Phi) is 4.07. The van der Waals surface area contributed by atoms with Gasteiger partial charge in [0, 0.05) is 12.4 Å². The molecule has 0 radical (unpaired) electrons. The Morgan fingerprint density at radius 2 is 1.89 bits per heavy atom. The van der Waals surface area contributed by atoms with E-state index in [-0.39, 0.29) is 5.82 Å². The quantitative estimate of drug-likeness (QED) is 0.554. The number of halogens is 1. The molecule has 3 heterocycles. The van der Waals surface area contributed by atoms with E-state index in [9.17, 15) is 12.8 Å². The molecular formula is C16H14FN7O2S. The van der Waals surface area contributed by atoms with Gasteiger partial charge in [0.05, 0.1) is 30.3 Å². The first-order valence-corrected chi connectivity index (χ1v) is 9.74. The lowest BCUT2D eigenvalue weighted by Crippen LogP contribution is -2.22. The molecule has 0 bridgehead atoms. The van der Waals surface area contributed by atoms with E-state index in [1.807, 2.05) is 0 Å². The van der Waals surface area contributed by atoms with Crippen LogP contribution in [0.5, 0.6) is 0 Å². The second-order valence-corrected chi connectivity index (χ2v) is 7.66. The minimum atomic E-state index is -3.44. The Bertz CT molecular complexity index is 1180. The van der Waals surface area contributed by atoms with Gasteiger partial charge in [0.1, 0.15) is 17.2 Å². The maximum absolute atomic E-state index is 13.9. The van der Waals surface area contributed by atoms with Crippen LogP contribution in [0.2, 0.25) is 0 Å². The topological polar surface area (TPSA) is 108 Å². The van der Waals surface area contributed by atoms with Crippen molar-refractivity contribution in [2.75, 3.05) is 11.1 Å². The highest BCUT2D eigenvalue weighted by molar-refractivity contribution is 7.91. The van der Waals surface area contributed by atoms with E-state index in [0.29, 0.717) is 35.0 Å². The van der Waals surface area contributed by atoms with Crippen LogP contribution in [-0.2, 0) is 16.6 Å². The molecule has 0 atom stereocenters. The van der Waals surface area contributed by atoms with Crippen LogP contribution in [0, 0.1) is 5.82 Å². The molecule has 138 valence electrons. The van der Waals surface area contributed by atoms with Crippen molar-refractivity contribution in [2.24, 2.45) is 0 Å². The van der Waals surface area contributed by atoms with E-state index in [4.69, 9.17) is 0 Å². The van der Waals surface area contributed by atoms with Gasteiger partial charge in [-0.3, -0.25) is 0 Å². The normalized spacial score (nSPS) is 11.8. The van der Waals surface area contributed by atoms with Crippen LogP contribution in [0.3, 0.4) is 0 Å². The molecule has 1 N–H and O–H groups in total. The number of imidazole rings is 1. The van der Waals surface area contributed by atoms with E-state index >= 15 is 0 Å². The third-order valence-electron chi connectivity index (χ3n) is 3.69. The fourth-order valence-electron chi connectivity index (χ4n) is 2.59. The largest absolute Gasteiger partial charge is 0.346 e. The van der Waals surface area contributed by atoms with Crippen molar-refractivity contribution in [3.8, 4) is 22.8 Å². The van der Waals surface area contributed by atoms with Crippen molar-refractivity contribution in [1.82, 2.24) is 29.6 Å². The Balaban J connectivity index is 1.59. The van der Waals surface area contributed by atoms with Crippen molar-refractivity contribution < 1.29 is 12.8 Å². The minimum absolute atomic E-state index is 0.323. The van der Waals surface area contributed by atoms with Crippen LogP contribution in [0.4, 0.5) is 4.39 Å². The number of aromatic nitrogens is 6. The smallest absolute Gasteiger partial charge is 0.244 e. The lowest BCUT2D eigenvalue weighted by Gasteiger charge is -2.05. The van der Waals surface area contributed by atoms with Gasteiger partial charge in [0.15, 0.2) is 5.82 Å². The van der Waals surface area contributed by atoms with Crippen LogP contribution in [0.25, 0.3) is 22.8 Å². The molecule has 9 nitrogen and oxygen atoms in total. The highest BCUT2D eigenvalue weighted by Crippen LogP contribution is 2.26. The predicted molar refractivity (Wildman–Crippen MR) is 95.4 cm³/mol. The third-order valence-corrected chi connectivity index (χ3v) is 4.21. The molecule has 0 fully saturated rings. The average Bonchev–Trinajstić information content (AvgIpc) is 3.20. The molecule has 0 amide bonds. The summed E-state index contributed by atoms with van der Waals surface area (Å²) in [5, 5.41) is 7.63. The number of rotatable bonds is 5. The number of nitrogens with one attached hydrogen (secondary N) is 1. The Hall–Kier alpha value is -3.34. The summed E-state index contributed by atoms with van der Waals surface area (Å²) < 4.78 is 38.2. The summed E-state index contributed by atoms with van der Waals surface area (Å²) in [6, 6.07) is 8.11. The Morgan fingerprint density at radius 3 is 2.67 bits per heavy atom. The third kappa shape index (κ3) is 3.77. The standard InChI is InChI=1S/C16H14FN7O2S/c1-27(25,26)22-24-9-11(20-21-24)8-23-7-6-14-15(10-23)19-16(18-14)12-4-2-3-5-13(12)17/h2-7,9-10,22H,8H2,1H3. The molecule has 0 unspecified atom stereocenters. The lowest BCUT2D eigenvalue weighted by atomic mass is 10.2. The second kappa shape index (κ2) is 6.43. The highest BCUT2D eigenvalue weighted by atomic mass is 32.2. The first-order chi connectivity index (χ1) is 12.9. The van der Waals surface area contributed by atoms with Crippen molar-refractivity contribution in [2.45, 2.75) is 6.54 Å². The number of benzene rings is 1. The van der Waals surface area contributed by atoms with Crippen molar-refractivity contribution in [3.63, 3.8) is 0 Å². The maximum Gasteiger partial charge on any atom is 0.244 e. The van der Waals surface area contributed by atoms with Crippen molar-refractivity contribution in [3.05, 3.63) is 60.4 Å². The minimum Gasteiger partial charge on any atom is -0.346 e.